The van der Waals surface area contributed by atoms with Gasteiger partial charge in [0, 0.05) is 0 Å². The Bertz CT molecular complexity index is 708. The smallest absolute Gasteiger partial charge is 0.417 e. The minimum absolute atomic E-state index is 0.0710. The molecular weight excluding hydrogens is 306 g/mol. The van der Waals surface area contributed by atoms with Crippen LogP contribution in [-0.4, -0.2) is 35.2 Å². The van der Waals surface area contributed by atoms with Crippen LogP contribution >= 0.6 is 0 Å². The van der Waals surface area contributed by atoms with Crippen LogP contribution in [0.4, 0.5) is 4.79 Å². The van der Waals surface area contributed by atoms with Crippen LogP contribution in [-0.2, 0) is 16.0 Å². The van der Waals surface area contributed by atoms with Crippen LogP contribution in [0.25, 0.3) is 0 Å². The van der Waals surface area contributed by atoms with Crippen LogP contribution in [0.3, 0.4) is 0 Å². The van der Waals surface area contributed by atoms with E-state index in [1.165, 1.54) is 17.5 Å². The van der Waals surface area contributed by atoms with Gasteiger partial charge in [0.2, 0.25) is 5.91 Å². The first-order chi connectivity index (χ1) is 11.7. The number of cyclic esters (lactones) is 1. The van der Waals surface area contributed by atoms with E-state index in [1.54, 1.807) is 0 Å². The van der Waals surface area contributed by atoms with E-state index in [1.807, 2.05) is 30.3 Å². The minimum atomic E-state index is -0.641. The molecular formula is C19H19NO4. The monoisotopic (exact) mass is 325 g/mol. The normalized spacial score (nSPS) is 17.5. The summed E-state index contributed by atoms with van der Waals surface area (Å²) < 4.78 is 4.88. The van der Waals surface area contributed by atoms with Crippen molar-refractivity contribution in [3.05, 3.63) is 71.3 Å². The van der Waals surface area contributed by atoms with Crippen molar-refractivity contribution in [2.45, 2.75) is 18.9 Å². The quantitative estimate of drug-likeness (QED) is 0.804. The van der Waals surface area contributed by atoms with Gasteiger partial charge in [-0.25, -0.2) is 9.69 Å². The predicted molar refractivity (Wildman–Crippen MR) is 88.3 cm³/mol. The van der Waals surface area contributed by atoms with Gasteiger partial charge in [0.1, 0.15) is 12.6 Å². The lowest BCUT2D eigenvalue weighted by Gasteiger charge is -2.19. The minimum Gasteiger partial charge on any atom is -0.446 e. The second-order valence-electron chi connectivity index (χ2n) is 5.69. The molecule has 1 fully saturated rings. The summed E-state index contributed by atoms with van der Waals surface area (Å²) >= 11 is 0. The lowest BCUT2D eigenvalue weighted by atomic mass is 10.1. The Morgan fingerprint density at radius 3 is 2.29 bits per heavy atom. The highest BCUT2D eigenvalue weighted by Gasteiger charge is 2.38. The summed E-state index contributed by atoms with van der Waals surface area (Å²) in [6.45, 7) is -0.107. The van der Waals surface area contributed by atoms with E-state index in [9.17, 15) is 9.59 Å². The molecule has 2 aliphatic rings. The third kappa shape index (κ3) is 3.63. The zero-order valence-electron chi connectivity index (χ0n) is 13.2. The van der Waals surface area contributed by atoms with Crippen LogP contribution in [0.15, 0.2) is 54.6 Å². The van der Waals surface area contributed by atoms with Gasteiger partial charge in [-0.2, -0.15) is 0 Å². The van der Waals surface area contributed by atoms with Crippen molar-refractivity contribution in [3.8, 4) is 0 Å². The van der Waals surface area contributed by atoms with Gasteiger partial charge in [0.05, 0.1) is 13.0 Å². The number of carbonyl (C=O) groups is 2. The van der Waals surface area contributed by atoms with Crippen molar-refractivity contribution in [3.63, 3.8) is 0 Å². The van der Waals surface area contributed by atoms with Gasteiger partial charge in [0.25, 0.3) is 0 Å². The van der Waals surface area contributed by atoms with Crippen molar-refractivity contribution in [2.24, 2.45) is 0 Å². The Morgan fingerprint density at radius 2 is 1.71 bits per heavy atom. The van der Waals surface area contributed by atoms with E-state index in [0.717, 1.165) is 10.5 Å². The molecule has 1 aliphatic heterocycles. The number of ether oxygens (including phenoxy) is 1. The standard InChI is InChI=1S/C12H13NO4.C7H6/c14-7-6-11(15)13-10(8-17-12(13)16)9-4-2-1-3-5-9;1-2-4-7-5-6(7)3-1/h1-5,10,14H,6-8H2;1-4H,5H2. The van der Waals surface area contributed by atoms with Gasteiger partial charge in [-0.05, 0) is 23.1 Å². The Hall–Kier alpha value is -2.66. The van der Waals surface area contributed by atoms with Crippen molar-refractivity contribution in [1.29, 1.82) is 0 Å². The average Bonchev–Trinajstić information content (AvgIpc) is 3.30. The van der Waals surface area contributed by atoms with Crippen molar-refractivity contribution >= 4 is 12.0 Å². The number of rotatable bonds is 3. The molecule has 0 aromatic heterocycles. The van der Waals surface area contributed by atoms with Gasteiger partial charge >= 0.3 is 6.09 Å². The molecule has 1 saturated heterocycles. The lowest BCUT2D eigenvalue weighted by Crippen LogP contribution is -2.34. The Balaban J connectivity index is 0.000000198. The zero-order chi connectivity index (χ0) is 16.9. The summed E-state index contributed by atoms with van der Waals surface area (Å²) in [5.74, 6) is -0.413. The molecule has 1 N–H and O–H groups in total. The summed E-state index contributed by atoms with van der Waals surface area (Å²) in [6, 6.07) is 17.4. The number of nitrogens with zero attached hydrogens (tertiary/aromatic N) is 1. The molecule has 0 bridgehead atoms. The Morgan fingerprint density at radius 1 is 1.08 bits per heavy atom. The molecule has 5 heteroatoms. The Labute approximate surface area is 140 Å². The first kappa shape index (κ1) is 16.2. The summed E-state index contributed by atoms with van der Waals surface area (Å²) in [5, 5.41) is 8.74. The summed E-state index contributed by atoms with van der Waals surface area (Å²) in [5.41, 5.74) is 3.91. The van der Waals surface area contributed by atoms with E-state index in [2.05, 4.69) is 24.3 Å². The summed E-state index contributed by atoms with van der Waals surface area (Å²) in [7, 11) is 0. The number of fused-ring (bicyclic) bond motifs is 1. The predicted octanol–water partition coefficient (Wildman–Crippen LogP) is 2.68. The van der Waals surface area contributed by atoms with Crippen LogP contribution in [0.1, 0.15) is 29.2 Å². The number of benzene rings is 2. The maximum absolute atomic E-state index is 11.7. The number of aliphatic hydroxyl groups is 1. The first-order valence-corrected chi connectivity index (χ1v) is 7.92. The van der Waals surface area contributed by atoms with E-state index in [-0.39, 0.29) is 25.7 Å². The maximum Gasteiger partial charge on any atom is 0.417 e. The van der Waals surface area contributed by atoms with Crippen LogP contribution in [0.2, 0.25) is 0 Å². The fraction of sp³-hybridized carbons (Fsp3) is 0.263. The van der Waals surface area contributed by atoms with Crippen LogP contribution < -0.4 is 0 Å². The third-order valence-electron chi connectivity index (χ3n) is 4.03. The highest BCUT2D eigenvalue weighted by atomic mass is 16.6. The molecule has 1 heterocycles. The van der Waals surface area contributed by atoms with Gasteiger partial charge in [-0.1, -0.05) is 54.6 Å². The molecule has 124 valence electrons. The number of amides is 2. The van der Waals surface area contributed by atoms with Gasteiger partial charge in [-0.3, -0.25) is 4.79 Å². The highest BCUT2D eigenvalue weighted by Crippen LogP contribution is 2.28. The molecule has 1 unspecified atom stereocenters. The van der Waals surface area contributed by atoms with Gasteiger partial charge < -0.3 is 9.84 Å². The van der Waals surface area contributed by atoms with E-state index < -0.39 is 12.0 Å². The Kier molecular flexibility index (Phi) is 4.91. The zero-order valence-corrected chi connectivity index (χ0v) is 13.2. The molecule has 2 amide bonds. The molecule has 5 nitrogen and oxygen atoms in total. The van der Waals surface area contributed by atoms with Crippen molar-refractivity contribution < 1.29 is 19.4 Å². The van der Waals surface area contributed by atoms with E-state index in [4.69, 9.17) is 9.84 Å². The SMILES string of the molecule is O=C(CCO)N1C(=O)OCC1c1ccccc1.c1ccc2c(c1)C2. The molecule has 2 aromatic carbocycles. The molecule has 1 aliphatic carbocycles. The van der Waals surface area contributed by atoms with E-state index >= 15 is 0 Å². The number of carbonyl (C=O) groups excluding carboxylic acids is 2. The molecule has 2 aromatic rings. The molecule has 1 atom stereocenters. The topological polar surface area (TPSA) is 66.8 Å². The average molecular weight is 325 g/mol. The number of imide groups is 1. The molecule has 0 spiro atoms. The fourth-order valence-corrected chi connectivity index (χ4v) is 2.67. The van der Waals surface area contributed by atoms with Crippen molar-refractivity contribution in [2.75, 3.05) is 13.2 Å². The largest absolute Gasteiger partial charge is 0.446 e. The van der Waals surface area contributed by atoms with Crippen LogP contribution in [0, 0.1) is 0 Å². The molecule has 24 heavy (non-hydrogen) atoms. The number of aliphatic hydroxyl groups excluding tert-OH is 1. The number of hydrogen-bond acceptors (Lipinski definition) is 4. The maximum atomic E-state index is 11.7. The second-order valence-corrected chi connectivity index (χ2v) is 5.69. The highest BCUT2D eigenvalue weighted by molar-refractivity contribution is 5.93. The second kappa shape index (κ2) is 7.27. The fourth-order valence-electron chi connectivity index (χ4n) is 2.67. The molecule has 4 rings (SSSR count). The molecule has 0 saturated carbocycles. The van der Waals surface area contributed by atoms with Gasteiger partial charge in [0.15, 0.2) is 0 Å². The van der Waals surface area contributed by atoms with Gasteiger partial charge in [-0.15, -0.1) is 0 Å². The third-order valence-corrected chi connectivity index (χ3v) is 4.03. The van der Waals surface area contributed by atoms with Crippen molar-refractivity contribution in [1.82, 2.24) is 4.90 Å². The summed E-state index contributed by atoms with van der Waals surface area (Å²) in [4.78, 5) is 24.3. The summed E-state index contributed by atoms with van der Waals surface area (Å²) in [6.07, 6.45) is 0.531. The first-order valence-electron chi connectivity index (χ1n) is 7.92. The van der Waals surface area contributed by atoms with E-state index in [0.29, 0.717) is 0 Å². The number of hydrogen-bond donors (Lipinski definition) is 1. The van der Waals surface area contributed by atoms with Crippen LogP contribution in [0.5, 0.6) is 0 Å². The lowest BCUT2D eigenvalue weighted by molar-refractivity contribution is -0.129. The molecule has 0 radical (unpaired) electrons.